The standard InChI is InChI=1S/C24H35N3O3/c1-24(2,3)29-22(28)16-20(13-7-11-18-9-5-4-6-10-18)23-26-21(27-30-23)15-19-12-8-14-25-17-19/h8,12,14,17-18,20H,4-7,9-11,13,15-16H2,1-3H3/t20-/m0/s1. The third kappa shape index (κ3) is 7.54. The highest BCUT2D eigenvalue weighted by Crippen LogP contribution is 2.31. The minimum absolute atomic E-state index is 0.0985. The normalized spacial score (nSPS) is 16.4. The first-order valence-corrected chi connectivity index (χ1v) is 11.3. The lowest BCUT2D eigenvalue weighted by molar-refractivity contribution is -0.155. The van der Waals surface area contributed by atoms with Gasteiger partial charge in [0.2, 0.25) is 5.89 Å². The molecule has 2 heterocycles. The largest absolute Gasteiger partial charge is 0.460 e. The van der Waals surface area contributed by atoms with Gasteiger partial charge in [-0.2, -0.15) is 4.98 Å². The Kier molecular flexibility index (Phi) is 8.00. The maximum Gasteiger partial charge on any atom is 0.307 e. The summed E-state index contributed by atoms with van der Waals surface area (Å²) in [4.78, 5) is 21.2. The molecule has 164 valence electrons. The Labute approximate surface area is 179 Å². The zero-order valence-corrected chi connectivity index (χ0v) is 18.6. The molecular weight excluding hydrogens is 378 g/mol. The molecule has 1 aliphatic carbocycles. The Morgan fingerprint density at radius 1 is 1.27 bits per heavy atom. The van der Waals surface area contributed by atoms with Crippen LogP contribution < -0.4 is 0 Å². The molecule has 3 rings (SSSR count). The van der Waals surface area contributed by atoms with Gasteiger partial charge in [0.15, 0.2) is 5.82 Å². The van der Waals surface area contributed by atoms with Gasteiger partial charge in [-0.3, -0.25) is 9.78 Å². The predicted molar refractivity (Wildman–Crippen MR) is 115 cm³/mol. The molecule has 30 heavy (non-hydrogen) atoms. The molecule has 0 unspecified atom stereocenters. The molecule has 6 heteroatoms. The van der Waals surface area contributed by atoms with E-state index in [4.69, 9.17) is 9.26 Å². The maximum atomic E-state index is 12.5. The third-order valence-electron chi connectivity index (χ3n) is 5.64. The fraction of sp³-hybridized carbons (Fsp3) is 0.667. The minimum atomic E-state index is -0.496. The maximum absolute atomic E-state index is 12.5. The van der Waals surface area contributed by atoms with Crippen LogP contribution in [0.25, 0.3) is 0 Å². The van der Waals surface area contributed by atoms with Crippen molar-refractivity contribution in [3.8, 4) is 0 Å². The van der Waals surface area contributed by atoms with E-state index in [0.717, 1.165) is 24.3 Å². The smallest absolute Gasteiger partial charge is 0.307 e. The average molecular weight is 414 g/mol. The third-order valence-corrected chi connectivity index (χ3v) is 5.64. The first kappa shape index (κ1) is 22.4. The lowest BCUT2D eigenvalue weighted by Crippen LogP contribution is -2.25. The van der Waals surface area contributed by atoms with Gasteiger partial charge in [0.1, 0.15) is 5.60 Å². The molecule has 0 amide bonds. The lowest BCUT2D eigenvalue weighted by Gasteiger charge is -2.23. The first-order valence-electron chi connectivity index (χ1n) is 11.3. The van der Waals surface area contributed by atoms with Crippen molar-refractivity contribution >= 4 is 5.97 Å². The molecule has 6 nitrogen and oxygen atoms in total. The van der Waals surface area contributed by atoms with Gasteiger partial charge < -0.3 is 9.26 Å². The van der Waals surface area contributed by atoms with Crippen LogP contribution in [0.5, 0.6) is 0 Å². The monoisotopic (exact) mass is 413 g/mol. The Morgan fingerprint density at radius 3 is 2.77 bits per heavy atom. The van der Waals surface area contributed by atoms with Crippen molar-refractivity contribution in [2.75, 3.05) is 0 Å². The van der Waals surface area contributed by atoms with E-state index in [1.165, 1.54) is 38.5 Å². The minimum Gasteiger partial charge on any atom is -0.460 e. The van der Waals surface area contributed by atoms with Gasteiger partial charge in [0.25, 0.3) is 0 Å². The Hall–Kier alpha value is -2.24. The second kappa shape index (κ2) is 10.7. The van der Waals surface area contributed by atoms with Crippen LogP contribution in [0, 0.1) is 5.92 Å². The Morgan fingerprint density at radius 2 is 2.07 bits per heavy atom. The molecule has 2 aromatic rings. The summed E-state index contributed by atoms with van der Waals surface area (Å²) in [5.41, 5.74) is 0.537. The van der Waals surface area contributed by atoms with Crippen LogP contribution >= 0.6 is 0 Å². The number of ether oxygens (including phenoxy) is 1. The number of rotatable bonds is 9. The number of hydrogen-bond acceptors (Lipinski definition) is 6. The summed E-state index contributed by atoms with van der Waals surface area (Å²) in [5, 5.41) is 4.15. The van der Waals surface area contributed by atoms with Crippen LogP contribution in [0.15, 0.2) is 29.0 Å². The summed E-state index contributed by atoms with van der Waals surface area (Å²) in [7, 11) is 0. The summed E-state index contributed by atoms with van der Waals surface area (Å²) < 4.78 is 11.1. The number of pyridine rings is 1. The van der Waals surface area contributed by atoms with E-state index in [-0.39, 0.29) is 18.3 Å². The van der Waals surface area contributed by atoms with E-state index in [0.29, 0.717) is 18.1 Å². The molecule has 1 saturated carbocycles. The summed E-state index contributed by atoms with van der Waals surface area (Å²) in [5.74, 6) is 1.68. The van der Waals surface area contributed by atoms with Crippen molar-refractivity contribution in [3.63, 3.8) is 0 Å². The first-order chi connectivity index (χ1) is 14.4. The van der Waals surface area contributed by atoms with Gasteiger partial charge in [-0.1, -0.05) is 56.2 Å². The number of carbonyl (C=O) groups is 1. The predicted octanol–water partition coefficient (Wildman–Crippen LogP) is 5.62. The molecule has 0 saturated heterocycles. The molecule has 0 bridgehead atoms. The summed E-state index contributed by atoms with van der Waals surface area (Å²) >= 11 is 0. The second-order valence-electron chi connectivity index (χ2n) is 9.51. The summed E-state index contributed by atoms with van der Waals surface area (Å²) in [6.45, 7) is 5.67. The van der Waals surface area contributed by atoms with E-state index >= 15 is 0 Å². The van der Waals surface area contributed by atoms with Crippen molar-refractivity contribution in [2.24, 2.45) is 5.92 Å². The topological polar surface area (TPSA) is 78.1 Å². The molecule has 1 fully saturated rings. The number of aromatic nitrogens is 3. The van der Waals surface area contributed by atoms with Crippen LogP contribution in [0.1, 0.15) is 102 Å². The Bertz CT molecular complexity index is 776. The van der Waals surface area contributed by atoms with Crippen molar-refractivity contribution in [1.82, 2.24) is 15.1 Å². The van der Waals surface area contributed by atoms with Crippen LogP contribution in [0.2, 0.25) is 0 Å². The zero-order valence-electron chi connectivity index (χ0n) is 18.6. The molecular formula is C24H35N3O3. The fourth-order valence-corrected chi connectivity index (χ4v) is 4.22. The zero-order chi connectivity index (χ0) is 21.4. The molecule has 1 aliphatic rings. The van der Waals surface area contributed by atoms with Gasteiger partial charge in [-0.15, -0.1) is 0 Å². The number of hydrogen-bond donors (Lipinski definition) is 0. The van der Waals surface area contributed by atoms with E-state index in [1.54, 1.807) is 12.4 Å². The molecule has 1 atom stereocenters. The molecule has 2 aromatic heterocycles. The van der Waals surface area contributed by atoms with Crippen molar-refractivity contribution in [3.05, 3.63) is 41.8 Å². The van der Waals surface area contributed by atoms with Gasteiger partial charge in [-0.25, -0.2) is 0 Å². The fourth-order valence-electron chi connectivity index (χ4n) is 4.22. The van der Waals surface area contributed by atoms with E-state index in [1.807, 2.05) is 32.9 Å². The Balaban J connectivity index is 1.62. The number of esters is 1. The number of carbonyl (C=O) groups excluding carboxylic acids is 1. The highest BCUT2D eigenvalue weighted by atomic mass is 16.6. The van der Waals surface area contributed by atoms with Crippen molar-refractivity contribution in [2.45, 2.75) is 96.5 Å². The van der Waals surface area contributed by atoms with Gasteiger partial charge in [0, 0.05) is 24.7 Å². The van der Waals surface area contributed by atoms with Crippen molar-refractivity contribution < 1.29 is 14.1 Å². The average Bonchev–Trinajstić information content (AvgIpc) is 3.16. The van der Waals surface area contributed by atoms with Crippen molar-refractivity contribution in [1.29, 1.82) is 0 Å². The van der Waals surface area contributed by atoms with Crippen LogP contribution in [0.3, 0.4) is 0 Å². The van der Waals surface area contributed by atoms with Gasteiger partial charge >= 0.3 is 5.97 Å². The van der Waals surface area contributed by atoms with Crippen LogP contribution in [0.4, 0.5) is 0 Å². The summed E-state index contributed by atoms with van der Waals surface area (Å²) in [6.07, 6.45) is 14.3. The SMILES string of the molecule is CC(C)(C)OC(=O)C[C@H](CCCC1CCCCC1)c1nc(Cc2cccnc2)no1. The van der Waals surface area contributed by atoms with E-state index in [2.05, 4.69) is 15.1 Å². The molecule has 0 aliphatic heterocycles. The highest BCUT2D eigenvalue weighted by molar-refractivity contribution is 5.70. The molecule has 0 N–H and O–H groups in total. The molecule has 0 aromatic carbocycles. The number of nitrogens with zero attached hydrogens (tertiary/aromatic N) is 3. The summed E-state index contributed by atoms with van der Waals surface area (Å²) in [6, 6.07) is 3.89. The van der Waals surface area contributed by atoms with E-state index < -0.39 is 5.60 Å². The lowest BCUT2D eigenvalue weighted by atomic mass is 9.84. The van der Waals surface area contributed by atoms with Crippen LogP contribution in [-0.2, 0) is 16.0 Å². The highest BCUT2D eigenvalue weighted by Gasteiger charge is 2.26. The molecule has 0 spiro atoms. The van der Waals surface area contributed by atoms with Crippen LogP contribution in [-0.4, -0.2) is 26.7 Å². The van der Waals surface area contributed by atoms with Gasteiger partial charge in [-0.05, 0) is 44.7 Å². The van der Waals surface area contributed by atoms with Gasteiger partial charge in [0.05, 0.1) is 6.42 Å². The van der Waals surface area contributed by atoms with E-state index in [9.17, 15) is 4.79 Å². The quantitative estimate of drug-likeness (QED) is 0.496. The second-order valence-corrected chi connectivity index (χ2v) is 9.51. The molecule has 0 radical (unpaired) electrons.